The average molecular weight is 1080 g/mol. The topological polar surface area (TPSA) is 56.7 Å². The molecular weight excluding hydrogens is 1030 g/mol. The quantitative estimate of drug-likeness (QED) is 0.155. The molecule has 0 unspecified atom stereocenters. The second kappa shape index (κ2) is 17.9. The molecule has 1 aliphatic heterocycles. The molecule has 0 spiro atoms. The van der Waals surface area contributed by atoms with Crippen LogP contribution in [0.25, 0.3) is 138 Å². The lowest BCUT2D eigenvalue weighted by atomic mass is 10.0. The highest BCUT2D eigenvalue weighted by Gasteiger charge is 2.32. The molecule has 0 saturated heterocycles. The van der Waals surface area contributed by atoms with Crippen LogP contribution in [0.3, 0.4) is 0 Å². The Bertz CT molecular complexity index is 5350. The maximum Gasteiger partial charge on any atom is 0.220 e. The Balaban J connectivity index is 0.877. The smallest absolute Gasteiger partial charge is 0.220 e. The van der Waals surface area contributed by atoms with E-state index >= 15 is 0 Å². The third-order valence-corrected chi connectivity index (χ3v) is 18.0. The normalized spacial score (nSPS) is 12.5. The number of nitrogens with zero attached hydrogens (tertiary/aromatic N) is 7. The number of fused-ring (bicyclic) bond motifs is 11. The summed E-state index contributed by atoms with van der Waals surface area (Å²) in [4.78, 5) is 21.2. The molecule has 18 rings (SSSR count). The van der Waals surface area contributed by atoms with Crippen LogP contribution in [0.15, 0.2) is 283 Å². The maximum atomic E-state index is 5.65. The van der Waals surface area contributed by atoms with E-state index in [1.54, 1.807) is 11.8 Å². The van der Waals surface area contributed by atoms with Gasteiger partial charge in [0.2, 0.25) is 5.95 Å². The number of para-hydroxylation sites is 6. The molecule has 14 aromatic carbocycles. The van der Waals surface area contributed by atoms with Crippen LogP contribution in [0.4, 0.5) is 17.3 Å². The number of anilines is 3. The van der Waals surface area contributed by atoms with Gasteiger partial charge < -0.3 is 0 Å². The second-order valence-corrected chi connectivity index (χ2v) is 22.7. The van der Waals surface area contributed by atoms with Gasteiger partial charge >= 0.3 is 0 Å². The molecule has 0 saturated carbocycles. The number of hydrogen-bond donors (Lipinski definition) is 0. The summed E-state index contributed by atoms with van der Waals surface area (Å²) in [5, 5.41) is 14.2. The Morgan fingerprint density at radius 3 is 1.01 bits per heavy atom. The zero-order chi connectivity index (χ0) is 54.3. The molecular formula is C75H45N7S. The molecule has 4 heterocycles. The molecule has 1 aliphatic rings. The molecule has 83 heavy (non-hydrogen) atoms. The van der Waals surface area contributed by atoms with Gasteiger partial charge in [0.15, 0.2) is 0 Å². The van der Waals surface area contributed by atoms with Gasteiger partial charge in [-0.3, -0.25) is 18.6 Å². The first-order chi connectivity index (χ1) is 41.1. The van der Waals surface area contributed by atoms with Crippen LogP contribution in [0.5, 0.6) is 0 Å². The van der Waals surface area contributed by atoms with E-state index in [2.05, 4.69) is 292 Å². The maximum absolute atomic E-state index is 5.65. The molecule has 0 aliphatic carbocycles. The predicted octanol–water partition coefficient (Wildman–Crippen LogP) is 19.9. The van der Waals surface area contributed by atoms with Crippen LogP contribution in [0, 0.1) is 0 Å². The third-order valence-electron chi connectivity index (χ3n) is 16.9. The number of hydrogen-bond acceptors (Lipinski definition) is 5. The summed E-state index contributed by atoms with van der Waals surface area (Å²) in [5.41, 5.74) is 13.2. The number of imidazole rings is 3. The van der Waals surface area contributed by atoms with Crippen molar-refractivity contribution in [2.24, 2.45) is 0 Å². The first-order valence-corrected chi connectivity index (χ1v) is 28.9. The summed E-state index contributed by atoms with van der Waals surface area (Å²) in [5.74, 6) is 2.53. The van der Waals surface area contributed by atoms with Crippen LogP contribution in [0.2, 0.25) is 0 Å². The van der Waals surface area contributed by atoms with Crippen LogP contribution in [0.1, 0.15) is 0 Å². The predicted molar refractivity (Wildman–Crippen MR) is 345 cm³/mol. The van der Waals surface area contributed by atoms with Gasteiger partial charge in [-0.15, -0.1) is 0 Å². The Morgan fingerprint density at radius 2 is 0.590 bits per heavy atom. The zero-order valence-electron chi connectivity index (χ0n) is 44.5. The van der Waals surface area contributed by atoms with E-state index in [1.165, 1.54) is 59.2 Å². The highest BCUT2D eigenvalue weighted by Crippen LogP contribution is 2.54. The highest BCUT2D eigenvalue weighted by molar-refractivity contribution is 7.99. The van der Waals surface area contributed by atoms with Gasteiger partial charge in [0, 0.05) is 37.1 Å². The fourth-order valence-corrected chi connectivity index (χ4v) is 14.2. The van der Waals surface area contributed by atoms with Crippen LogP contribution in [-0.2, 0) is 0 Å². The minimum absolute atomic E-state index is 0.792. The fourth-order valence-electron chi connectivity index (χ4n) is 13.1. The molecule has 0 N–H and O–H groups in total. The van der Waals surface area contributed by atoms with E-state index in [9.17, 15) is 0 Å². The van der Waals surface area contributed by atoms with Crippen molar-refractivity contribution >= 4 is 127 Å². The van der Waals surface area contributed by atoms with Crippen molar-refractivity contribution in [1.29, 1.82) is 0 Å². The summed E-state index contributed by atoms with van der Waals surface area (Å²) < 4.78 is 7.08. The molecule has 3 aromatic heterocycles. The molecule has 17 aromatic rings. The second-order valence-electron chi connectivity index (χ2n) is 21.7. The molecule has 0 radical (unpaired) electrons. The van der Waals surface area contributed by atoms with Crippen molar-refractivity contribution in [2.45, 2.75) is 9.79 Å². The standard InChI is InChI=1S/C75H45N7S/c1-4-19-49-41-57-52(38-46(49)16-1)22-13-31-63(57)79-66-28-10-7-25-60(66)76-73(79)55-34-36-69-71(44-55)83-72-45-56(74-77-61-26-8-11-29-67(61)80(74)64-32-14-23-53-39-47-17-2-5-20-50(47)42-58(53)64)35-37-70(72)82(69)75-78-62-27-9-12-30-68(62)81(75)65-33-15-24-54-40-48-18-3-6-21-51(48)43-59(54)65/h1-45H. The van der Waals surface area contributed by atoms with Crippen LogP contribution < -0.4 is 4.90 Å². The minimum Gasteiger partial charge on any atom is -0.292 e. The van der Waals surface area contributed by atoms with Crippen molar-refractivity contribution in [3.8, 4) is 39.8 Å². The van der Waals surface area contributed by atoms with Crippen molar-refractivity contribution in [1.82, 2.24) is 28.7 Å². The molecule has 386 valence electrons. The Hall–Kier alpha value is -10.8. The summed E-state index contributed by atoms with van der Waals surface area (Å²) >= 11 is 1.78. The highest BCUT2D eigenvalue weighted by atomic mass is 32.2. The van der Waals surface area contributed by atoms with E-state index in [0.717, 1.165) is 105 Å². The Morgan fingerprint density at radius 1 is 0.253 bits per heavy atom. The number of aromatic nitrogens is 6. The molecule has 0 fully saturated rings. The van der Waals surface area contributed by atoms with Crippen molar-refractivity contribution in [2.75, 3.05) is 4.90 Å². The molecule has 7 nitrogen and oxygen atoms in total. The first kappa shape index (κ1) is 46.0. The molecule has 0 atom stereocenters. The van der Waals surface area contributed by atoms with E-state index in [0.29, 0.717) is 0 Å². The van der Waals surface area contributed by atoms with Crippen molar-refractivity contribution in [3.63, 3.8) is 0 Å². The van der Waals surface area contributed by atoms with E-state index in [1.807, 2.05) is 0 Å². The van der Waals surface area contributed by atoms with E-state index in [4.69, 9.17) is 15.0 Å². The van der Waals surface area contributed by atoms with Crippen LogP contribution in [-0.4, -0.2) is 28.7 Å². The fraction of sp³-hybridized carbons (Fsp3) is 0. The van der Waals surface area contributed by atoms with Gasteiger partial charge in [-0.2, -0.15) is 0 Å². The third kappa shape index (κ3) is 7.10. The SMILES string of the molecule is c1ccc2cc3c(-n4c(-c5ccc6c(c5)Sc5cc(-c7nc8ccccc8n7-c7cccc8cc9ccccc9cc78)ccc5N6c5nc6ccccc6n5-c5cccc6cc7ccccc7cc56)nc5ccccc54)cccc3cc2c1. The lowest BCUT2D eigenvalue weighted by Gasteiger charge is -2.33. The summed E-state index contributed by atoms with van der Waals surface area (Å²) in [7, 11) is 0. The van der Waals surface area contributed by atoms with Gasteiger partial charge in [0.1, 0.15) is 11.6 Å². The van der Waals surface area contributed by atoms with Gasteiger partial charge in [-0.05, 0) is 176 Å². The minimum atomic E-state index is 0.792. The lowest BCUT2D eigenvalue weighted by Crippen LogP contribution is -2.19. The largest absolute Gasteiger partial charge is 0.292 e. The van der Waals surface area contributed by atoms with Gasteiger partial charge in [-0.25, -0.2) is 15.0 Å². The molecule has 0 amide bonds. The van der Waals surface area contributed by atoms with Gasteiger partial charge in [-0.1, -0.05) is 157 Å². The molecule has 8 heteroatoms. The van der Waals surface area contributed by atoms with Gasteiger partial charge in [0.25, 0.3) is 0 Å². The first-order valence-electron chi connectivity index (χ1n) is 28.1. The van der Waals surface area contributed by atoms with Crippen molar-refractivity contribution < 1.29 is 0 Å². The zero-order valence-corrected chi connectivity index (χ0v) is 45.3. The van der Waals surface area contributed by atoms with E-state index in [-0.39, 0.29) is 0 Å². The number of benzene rings is 14. The monoisotopic (exact) mass is 1080 g/mol. The Kier molecular flexibility index (Phi) is 9.89. The summed E-state index contributed by atoms with van der Waals surface area (Å²) in [6.45, 7) is 0. The van der Waals surface area contributed by atoms with E-state index < -0.39 is 0 Å². The summed E-state index contributed by atoms with van der Waals surface area (Å²) in [6.07, 6.45) is 0. The molecule has 0 bridgehead atoms. The summed E-state index contributed by atoms with van der Waals surface area (Å²) in [6, 6.07) is 98.9. The number of rotatable bonds is 6. The van der Waals surface area contributed by atoms with Crippen molar-refractivity contribution in [3.05, 3.63) is 273 Å². The average Bonchev–Trinajstić information content (AvgIpc) is 3.62. The lowest BCUT2D eigenvalue weighted by molar-refractivity contribution is 1.01. The van der Waals surface area contributed by atoms with Gasteiger partial charge in [0.05, 0.1) is 61.5 Å². The Labute approximate surface area is 480 Å². The van der Waals surface area contributed by atoms with Crippen LogP contribution >= 0.6 is 11.8 Å².